The number of hydrogen-bond acceptors (Lipinski definition) is 4. The lowest BCUT2D eigenvalue weighted by Crippen LogP contribution is -2.13. The molecule has 0 bridgehead atoms. The molecule has 0 aromatic rings. The molecule has 0 saturated carbocycles. The van der Waals surface area contributed by atoms with Crippen LogP contribution in [0.15, 0.2) is 0 Å². The van der Waals surface area contributed by atoms with E-state index in [2.05, 4.69) is 13.8 Å². The Morgan fingerprint density at radius 2 is 1.05 bits per heavy atom. The zero-order valence-corrected chi connectivity index (χ0v) is 13.1. The topological polar surface area (TPSA) is 52.6 Å². The van der Waals surface area contributed by atoms with Crippen LogP contribution in [-0.4, -0.2) is 24.8 Å². The molecular weight excluding hydrogens is 256 g/mol. The van der Waals surface area contributed by atoms with Crippen LogP contribution in [0, 0.1) is 0 Å². The van der Waals surface area contributed by atoms with Gasteiger partial charge in [-0.1, -0.05) is 52.4 Å². The first-order valence-corrected chi connectivity index (χ1v) is 7.98. The van der Waals surface area contributed by atoms with Gasteiger partial charge in [-0.15, -0.1) is 0 Å². The largest absolute Gasteiger partial charge is 0.297 e. The van der Waals surface area contributed by atoms with Crippen LogP contribution in [0.25, 0.3) is 0 Å². The van der Waals surface area contributed by atoms with E-state index in [9.17, 15) is 9.59 Å². The maximum absolute atomic E-state index is 11.4. The van der Waals surface area contributed by atoms with Crippen molar-refractivity contribution >= 4 is 11.6 Å². The van der Waals surface area contributed by atoms with Crippen LogP contribution < -0.4 is 0 Å². The van der Waals surface area contributed by atoms with E-state index in [0.29, 0.717) is 12.8 Å². The van der Waals surface area contributed by atoms with Crippen LogP contribution in [0.4, 0.5) is 0 Å². The highest BCUT2D eigenvalue weighted by atomic mass is 17.2. The minimum Gasteiger partial charge on any atom is -0.297 e. The van der Waals surface area contributed by atoms with Crippen LogP contribution in [0.3, 0.4) is 0 Å². The molecule has 0 aliphatic carbocycles. The maximum atomic E-state index is 11.4. The first kappa shape index (κ1) is 19.3. The Hall–Kier alpha value is -0.740. The molecule has 0 aliphatic rings. The Balaban J connectivity index is 3.32. The normalized spacial score (nSPS) is 10.7. The van der Waals surface area contributed by atoms with Gasteiger partial charge in [-0.05, 0) is 12.8 Å². The molecule has 0 unspecified atom stereocenters. The summed E-state index contributed by atoms with van der Waals surface area (Å²) in [7, 11) is 0. The summed E-state index contributed by atoms with van der Waals surface area (Å²) in [5.74, 6) is 0.0768. The Labute approximate surface area is 123 Å². The predicted molar refractivity (Wildman–Crippen MR) is 79.4 cm³/mol. The number of carbonyl (C=O) groups is 2. The van der Waals surface area contributed by atoms with E-state index in [-0.39, 0.29) is 24.8 Å². The molecule has 0 amide bonds. The monoisotopic (exact) mass is 286 g/mol. The molecule has 0 N–H and O–H groups in total. The highest BCUT2D eigenvalue weighted by Gasteiger charge is 2.05. The minimum atomic E-state index is -0.0464. The number of hydrogen-bond donors (Lipinski definition) is 0. The van der Waals surface area contributed by atoms with E-state index < -0.39 is 0 Å². The molecule has 0 rings (SSSR count). The summed E-state index contributed by atoms with van der Waals surface area (Å²) in [6.07, 6.45) is 9.71. The van der Waals surface area contributed by atoms with Gasteiger partial charge in [0.15, 0.2) is 11.6 Å². The second-order valence-electron chi connectivity index (χ2n) is 5.22. The van der Waals surface area contributed by atoms with Gasteiger partial charge in [-0.2, -0.15) is 0 Å². The molecule has 4 heteroatoms. The number of carbonyl (C=O) groups excluding carboxylic acids is 2. The first-order chi connectivity index (χ1) is 9.70. The molecule has 0 aromatic heterocycles. The fourth-order valence-corrected chi connectivity index (χ4v) is 1.86. The van der Waals surface area contributed by atoms with Crippen molar-refractivity contribution in [2.75, 3.05) is 13.2 Å². The summed E-state index contributed by atoms with van der Waals surface area (Å²) in [6, 6.07) is 0. The average molecular weight is 286 g/mol. The van der Waals surface area contributed by atoms with Gasteiger partial charge in [-0.3, -0.25) is 9.59 Å². The molecule has 4 nitrogen and oxygen atoms in total. The number of Topliss-reactive ketones (excluding diaryl/α,β-unsaturated/α-hetero) is 2. The molecule has 0 aliphatic heterocycles. The fourth-order valence-electron chi connectivity index (χ4n) is 1.86. The summed E-state index contributed by atoms with van der Waals surface area (Å²) in [6.45, 7) is 4.18. The van der Waals surface area contributed by atoms with Crippen LogP contribution in [0.2, 0.25) is 0 Å². The van der Waals surface area contributed by atoms with Crippen molar-refractivity contribution in [3.8, 4) is 0 Å². The molecule has 118 valence electrons. The van der Waals surface area contributed by atoms with Crippen molar-refractivity contribution < 1.29 is 19.4 Å². The van der Waals surface area contributed by atoms with E-state index in [1.165, 1.54) is 0 Å². The molecule has 0 radical (unpaired) electrons. The summed E-state index contributed by atoms with van der Waals surface area (Å²) < 4.78 is 0. The molecule has 0 atom stereocenters. The zero-order chi connectivity index (χ0) is 15.1. The van der Waals surface area contributed by atoms with Crippen molar-refractivity contribution in [3.05, 3.63) is 0 Å². The van der Waals surface area contributed by atoms with Gasteiger partial charge in [0, 0.05) is 12.8 Å². The molecule has 0 fully saturated rings. The molecule has 0 heterocycles. The Morgan fingerprint density at radius 1 is 0.650 bits per heavy atom. The second-order valence-corrected chi connectivity index (χ2v) is 5.22. The number of rotatable bonds is 15. The van der Waals surface area contributed by atoms with Crippen molar-refractivity contribution in [3.63, 3.8) is 0 Å². The summed E-state index contributed by atoms with van der Waals surface area (Å²) >= 11 is 0. The van der Waals surface area contributed by atoms with Crippen molar-refractivity contribution in [2.45, 2.75) is 78.1 Å². The van der Waals surface area contributed by atoms with E-state index in [4.69, 9.17) is 9.78 Å². The molecule has 0 aromatic carbocycles. The highest BCUT2D eigenvalue weighted by Crippen LogP contribution is 2.04. The van der Waals surface area contributed by atoms with Gasteiger partial charge in [0.1, 0.15) is 13.2 Å². The predicted octanol–water partition coefficient (Wildman–Crippen LogP) is 4.01. The van der Waals surface area contributed by atoms with E-state index >= 15 is 0 Å². The van der Waals surface area contributed by atoms with Crippen LogP contribution >= 0.6 is 0 Å². The Kier molecular flexibility index (Phi) is 14.1. The third-order valence-electron chi connectivity index (χ3n) is 3.14. The lowest BCUT2D eigenvalue weighted by atomic mass is 10.1. The van der Waals surface area contributed by atoms with E-state index in [1.54, 1.807) is 0 Å². The number of ketones is 2. The lowest BCUT2D eigenvalue weighted by molar-refractivity contribution is -0.283. The Bertz CT molecular complexity index is 225. The van der Waals surface area contributed by atoms with Gasteiger partial charge in [0.05, 0.1) is 0 Å². The third-order valence-corrected chi connectivity index (χ3v) is 3.14. The van der Waals surface area contributed by atoms with Gasteiger partial charge in [-0.25, -0.2) is 9.78 Å². The van der Waals surface area contributed by atoms with Crippen molar-refractivity contribution in [1.29, 1.82) is 0 Å². The smallest absolute Gasteiger partial charge is 0.161 e. The average Bonchev–Trinajstić information content (AvgIpc) is 2.44. The summed E-state index contributed by atoms with van der Waals surface area (Å²) in [5.41, 5.74) is 0. The van der Waals surface area contributed by atoms with Crippen molar-refractivity contribution in [2.24, 2.45) is 0 Å². The number of unbranched alkanes of at least 4 members (excludes halogenated alkanes) is 6. The van der Waals surface area contributed by atoms with Gasteiger partial charge in [0.2, 0.25) is 0 Å². The molecular formula is C16H30O4. The minimum absolute atomic E-state index is 0.0384. The van der Waals surface area contributed by atoms with E-state index in [0.717, 1.165) is 51.4 Å². The molecule has 20 heavy (non-hydrogen) atoms. The van der Waals surface area contributed by atoms with Crippen LogP contribution in [0.1, 0.15) is 78.1 Å². The SMILES string of the molecule is CCCCCCC(=O)COOCC(=O)CCCCCC. The van der Waals surface area contributed by atoms with Crippen LogP contribution in [-0.2, 0) is 19.4 Å². The summed E-state index contributed by atoms with van der Waals surface area (Å²) in [4.78, 5) is 32.4. The maximum Gasteiger partial charge on any atom is 0.161 e. The van der Waals surface area contributed by atoms with Gasteiger partial charge < -0.3 is 0 Å². The van der Waals surface area contributed by atoms with E-state index in [1.807, 2.05) is 0 Å². The second kappa shape index (κ2) is 14.7. The standard InChI is InChI=1S/C16H30O4/c1-3-5-7-9-11-15(17)13-19-20-14-16(18)12-10-8-6-4-2/h3-14H2,1-2H3. The lowest BCUT2D eigenvalue weighted by Gasteiger charge is -2.03. The van der Waals surface area contributed by atoms with Gasteiger partial charge in [0.25, 0.3) is 0 Å². The highest BCUT2D eigenvalue weighted by molar-refractivity contribution is 5.80. The van der Waals surface area contributed by atoms with Crippen molar-refractivity contribution in [1.82, 2.24) is 0 Å². The quantitative estimate of drug-likeness (QED) is 0.259. The fraction of sp³-hybridized carbons (Fsp3) is 0.875. The third kappa shape index (κ3) is 13.7. The Morgan fingerprint density at radius 3 is 1.40 bits per heavy atom. The van der Waals surface area contributed by atoms with Crippen LogP contribution in [0.5, 0.6) is 0 Å². The summed E-state index contributed by atoms with van der Waals surface area (Å²) in [5, 5.41) is 0. The zero-order valence-electron chi connectivity index (χ0n) is 13.1. The van der Waals surface area contributed by atoms with Gasteiger partial charge >= 0.3 is 0 Å². The molecule has 0 spiro atoms. The molecule has 0 saturated heterocycles. The first-order valence-electron chi connectivity index (χ1n) is 7.98.